The molecule has 0 fully saturated rings. The largest absolute Gasteiger partial charge is 0.506 e. The van der Waals surface area contributed by atoms with Crippen molar-refractivity contribution in [1.29, 1.82) is 0 Å². The van der Waals surface area contributed by atoms with E-state index in [1.54, 1.807) is 18.2 Å². The van der Waals surface area contributed by atoms with Gasteiger partial charge in [0.05, 0.1) is 18.8 Å². The standard InChI is InChI=1S/C17H19NO3/c1-2-3-11-21-12-10-18-17(20)15-9-8-13-6-4-5-7-14(13)16(15)19/h2,4-9,19H,1,3,10-12H2,(H,18,20). The molecule has 2 aromatic carbocycles. The summed E-state index contributed by atoms with van der Waals surface area (Å²) in [5, 5.41) is 14.5. The van der Waals surface area contributed by atoms with Crippen LogP contribution in [0, 0.1) is 0 Å². The second-order valence-electron chi connectivity index (χ2n) is 4.63. The number of benzene rings is 2. The van der Waals surface area contributed by atoms with Crippen molar-refractivity contribution in [3.8, 4) is 5.75 Å². The zero-order valence-corrected chi connectivity index (χ0v) is 11.8. The lowest BCUT2D eigenvalue weighted by Gasteiger charge is -2.09. The molecule has 0 saturated carbocycles. The number of aromatic hydroxyl groups is 1. The molecule has 0 unspecified atom stereocenters. The van der Waals surface area contributed by atoms with Crippen molar-refractivity contribution < 1.29 is 14.6 Å². The maximum absolute atomic E-state index is 12.1. The monoisotopic (exact) mass is 285 g/mol. The molecule has 4 nitrogen and oxygen atoms in total. The lowest BCUT2D eigenvalue weighted by molar-refractivity contribution is 0.0915. The molecule has 0 spiro atoms. The van der Waals surface area contributed by atoms with Crippen molar-refractivity contribution in [1.82, 2.24) is 5.32 Å². The molecule has 0 bridgehead atoms. The molecular weight excluding hydrogens is 266 g/mol. The Hall–Kier alpha value is -2.33. The van der Waals surface area contributed by atoms with Crippen LogP contribution in [0.5, 0.6) is 5.75 Å². The molecule has 110 valence electrons. The lowest BCUT2D eigenvalue weighted by Crippen LogP contribution is -2.27. The van der Waals surface area contributed by atoms with Crippen LogP contribution in [0.25, 0.3) is 10.8 Å². The van der Waals surface area contributed by atoms with Gasteiger partial charge in [-0.1, -0.05) is 36.4 Å². The van der Waals surface area contributed by atoms with Crippen LogP contribution in [0.3, 0.4) is 0 Å². The average Bonchev–Trinajstić information content (AvgIpc) is 2.51. The summed E-state index contributed by atoms with van der Waals surface area (Å²) >= 11 is 0. The summed E-state index contributed by atoms with van der Waals surface area (Å²) in [6.45, 7) is 5.04. The number of nitrogens with one attached hydrogen (secondary N) is 1. The number of amides is 1. The second kappa shape index (κ2) is 7.45. The van der Waals surface area contributed by atoms with Crippen molar-refractivity contribution >= 4 is 16.7 Å². The van der Waals surface area contributed by atoms with Gasteiger partial charge >= 0.3 is 0 Å². The van der Waals surface area contributed by atoms with Crippen molar-refractivity contribution in [3.05, 3.63) is 54.6 Å². The van der Waals surface area contributed by atoms with Crippen molar-refractivity contribution in [2.75, 3.05) is 19.8 Å². The predicted molar refractivity (Wildman–Crippen MR) is 83.6 cm³/mol. The molecule has 2 rings (SSSR count). The first-order valence-corrected chi connectivity index (χ1v) is 6.91. The Bertz CT molecular complexity index is 637. The van der Waals surface area contributed by atoms with Crippen molar-refractivity contribution in [3.63, 3.8) is 0 Å². The Morgan fingerprint density at radius 1 is 1.24 bits per heavy atom. The van der Waals surface area contributed by atoms with E-state index < -0.39 is 0 Å². The van der Waals surface area contributed by atoms with E-state index in [0.29, 0.717) is 25.1 Å². The van der Waals surface area contributed by atoms with Crippen LogP contribution in [-0.2, 0) is 4.74 Å². The minimum atomic E-state index is -0.300. The fourth-order valence-electron chi connectivity index (χ4n) is 2.04. The average molecular weight is 285 g/mol. The molecule has 0 radical (unpaired) electrons. The third kappa shape index (κ3) is 3.83. The summed E-state index contributed by atoms with van der Waals surface area (Å²) < 4.78 is 5.31. The van der Waals surface area contributed by atoms with Gasteiger partial charge in [-0.15, -0.1) is 6.58 Å². The van der Waals surface area contributed by atoms with Crippen LogP contribution in [0.2, 0.25) is 0 Å². The highest BCUT2D eigenvalue weighted by molar-refractivity contribution is 6.03. The van der Waals surface area contributed by atoms with Crippen LogP contribution < -0.4 is 5.32 Å². The van der Waals surface area contributed by atoms with Gasteiger partial charge in [-0.05, 0) is 17.9 Å². The highest BCUT2D eigenvalue weighted by atomic mass is 16.5. The molecule has 4 heteroatoms. The van der Waals surface area contributed by atoms with Gasteiger partial charge in [-0.25, -0.2) is 0 Å². The quantitative estimate of drug-likeness (QED) is 0.607. The first kappa shape index (κ1) is 15.1. The topological polar surface area (TPSA) is 58.6 Å². The summed E-state index contributed by atoms with van der Waals surface area (Å²) in [5.74, 6) is -0.288. The van der Waals surface area contributed by atoms with Crippen LogP contribution >= 0.6 is 0 Å². The van der Waals surface area contributed by atoms with Gasteiger partial charge in [0, 0.05) is 11.9 Å². The van der Waals surface area contributed by atoms with E-state index in [2.05, 4.69) is 11.9 Å². The molecule has 2 aromatic rings. The minimum absolute atomic E-state index is 0.0122. The lowest BCUT2D eigenvalue weighted by atomic mass is 10.0. The molecule has 0 aromatic heterocycles. The van der Waals surface area contributed by atoms with Gasteiger partial charge in [0.2, 0.25) is 0 Å². The van der Waals surface area contributed by atoms with Crippen LogP contribution in [0.15, 0.2) is 49.1 Å². The SMILES string of the molecule is C=CCCOCCNC(=O)c1ccc2ccccc2c1O. The maximum Gasteiger partial charge on any atom is 0.255 e. The number of phenolic OH excluding ortho intramolecular Hbond substituents is 1. The Morgan fingerprint density at radius 3 is 2.86 bits per heavy atom. The zero-order chi connectivity index (χ0) is 15.1. The third-order valence-corrected chi connectivity index (χ3v) is 3.14. The number of phenols is 1. The number of hydrogen-bond donors (Lipinski definition) is 2. The predicted octanol–water partition coefficient (Wildman–Crippen LogP) is 2.87. The van der Waals surface area contributed by atoms with Crippen LogP contribution in [0.1, 0.15) is 16.8 Å². The molecule has 21 heavy (non-hydrogen) atoms. The number of hydrogen-bond acceptors (Lipinski definition) is 3. The Labute approximate surface area is 124 Å². The second-order valence-corrected chi connectivity index (χ2v) is 4.63. The number of carbonyl (C=O) groups excluding carboxylic acids is 1. The first-order chi connectivity index (χ1) is 10.2. The molecule has 0 aliphatic heterocycles. The molecule has 0 atom stereocenters. The number of ether oxygens (including phenoxy) is 1. The van der Waals surface area contributed by atoms with E-state index in [4.69, 9.17) is 4.74 Å². The third-order valence-electron chi connectivity index (χ3n) is 3.14. The Kier molecular flexibility index (Phi) is 5.35. The molecular formula is C17H19NO3. The highest BCUT2D eigenvalue weighted by Crippen LogP contribution is 2.28. The number of fused-ring (bicyclic) bond motifs is 1. The van der Waals surface area contributed by atoms with Crippen LogP contribution in [0.4, 0.5) is 0 Å². The molecule has 0 aliphatic carbocycles. The number of carbonyl (C=O) groups is 1. The molecule has 1 amide bonds. The first-order valence-electron chi connectivity index (χ1n) is 6.91. The van der Waals surface area contributed by atoms with Gasteiger partial charge in [0.15, 0.2) is 0 Å². The van der Waals surface area contributed by atoms with Crippen LogP contribution in [-0.4, -0.2) is 30.8 Å². The summed E-state index contributed by atoms with van der Waals surface area (Å²) in [7, 11) is 0. The number of rotatable bonds is 7. The van der Waals surface area contributed by atoms with E-state index in [1.807, 2.05) is 24.3 Å². The Balaban J connectivity index is 1.96. The van der Waals surface area contributed by atoms with E-state index >= 15 is 0 Å². The summed E-state index contributed by atoms with van der Waals surface area (Å²) in [4.78, 5) is 12.1. The zero-order valence-electron chi connectivity index (χ0n) is 11.8. The molecule has 0 heterocycles. The van der Waals surface area contributed by atoms with E-state index in [-0.39, 0.29) is 17.2 Å². The van der Waals surface area contributed by atoms with Gasteiger partial charge < -0.3 is 15.2 Å². The van der Waals surface area contributed by atoms with E-state index in [9.17, 15) is 9.90 Å². The smallest absolute Gasteiger partial charge is 0.255 e. The summed E-state index contributed by atoms with van der Waals surface area (Å²) in [6, 6.07) is 10.9. The van der Waals surface area contributed by atoms with Crippen molar-refractivity contribution in [2.24, 2.45) is 0 Å². The normalized spacial score (nSPS) is 10.5. The summed E-state index contributed by atoms with van der Waals surface area (Å²) in [6.07, 6.45) is 2.57. The van der Waals surface area contributed by atoms with Gasteiger partial charge in [-0.2, -0.15) is 0 Å². The summed E-state index contributed by atoms with van der Waals surface area (Å²) in [5.41, 5.74) is 0.278. The molecule has 2 N–H and O–H groups in total. The van der Waals surface area contributed by atoms with Gasteiger partial charge in [0.1, 0.15) is 5.75 Å². The molecule has 0 aliphatic rings. The molecule has 0 saturated heterocycles. The fourth-order valence-corrected chi connectivity index (χ4v) is 2.04. The Morgan fingerprint density at radius 2 is 2.05 bits per heavy atom. The van der Waals surface area contributed by atoms with Gasteiger partial charge in [-0.3, -0.25) is 4.79 Å². The van der Waals surface area contributed by atoms with Gasteiger partial charge in [0.25, 0.3) is 5.91 Å². The van der Waals surface area contributed by atoms with E-state index in [1.165, 1.54) is 0 Å². The van der Waals surface area contributed by atoms with Crippen molar-refractivity contribution in [2.45, 2.75) is 6.42 Å². The highest BCUT2D eigenvalue weighted by Gasteiger charge is 2.12. The minimum Gasteiger partial charge on any atom is -0.506 e. The maximum atomic E-state index is 12.1. The fraction of sp³-hybridized carbons (Fsp3) is 0.235. The van der Waals surface area contributed by atoms with E-state index in [0.717, 1.165) is 11.8 Å².